The monoisotopic (exact) mass is 624 g/mol. The summed E-state index contributed by atoms with van der Waals surface area (Å²) in [6.07, 6.45) is 16.4. The number of benzene rings is 2. The SMILES string of the molecule is CC(C)O.CC(C)O.Cc1ccc(C2=CC[C-]=C2)cc1.Cc1ccc(C2=CC[C-]=C2)cc1.[CH2]=[Hf+2]. The van der Waals surface area contributed by atoms with Crippen molar-refractivity contribution in [1.82, 2.24) is 0 Å². The predicted octanol–water partition coefficient (Wildman–Crippen LogP) is 7.02. The van der Waals surface area contributed by atoms with E-state index in [-0.39, 0.29) is 12.2 Å². The van der Waals surface area contributed by atoms with Crippen LogP contribution in [0.4, 0.5) is 0 Å². The molecule has 0 radical (unpaired) electrons. The van der Waals surface area contributed by atoms with Gasteiger partial charge in [0.25, 0.3) is 0 Å². The van der Waals surface area contributed by atoms with Crippen LogP contribution in [0.2, 0.25) is 0 Å². The third-order valence-corrected chi connectivity index (χ3v) is 4.16. The molecule has 3 heteroatoms. The zero-order chi connectivity index (χ0) is 25.9. The molecule has 2 nitrogen and oxygen atoms in total. The molecule has 0 unspecified atom stereocenters. The summed E-state index contributed by atoms with van der Waals surface area (Å²) in [4.78, 5) is 0. The van der Waals surface area contributed by atoms with Gasteiger partial charge in [0.2, 0.25) is 0 Å². The van der Waals surface area contributed by atoms with Crippen LogP contribution < -0.4 is 0 Å². The van der Waals surface area contributed by atoms with Crippen LogP contribution in [-0.4, -0.2) is 26.7 Å². The number of rotatable bonds is 2. The van der Waals surface area contributed by atoms with E-state index < -0.39 is 0 Å². The third-order valence-electron chi connectivity index (χ3n) is 4.16. The maximum atomic E-state index is 8.06. The van der Waals surface area contributed by atoms with Crippen molar-refractivity contribution in [2.75, 3.05) is 0 Å². The zero-order valence-electron chi connectivity index (χ0n) is 21.6. The minimum atomic E-state index is -0.167. The van der Waals surface area contributed by atoms with Gasteiger partial charge in [-0.05, 0) is 41.5 Å². The molecule has 0 aliphatic heterocycles. The van der Waals surface area contributed by atoms with Crippen LogP contribution in [0.15, 0.2) is 72.8 Å². The number of hydrogen-bond donors (Lipinski definition) is 2. The van der Waals surface area contributed by atoms with Crippen LogP contribution in [0.3, 0.4) is 0 Å². The summed E-state index contributed by atoms with van der Waals surface area (Å²) in [7, 11) is 0. The average Bonchev–Trinajstić information content (AvgIpc) is 3.51. The Morgan fingerprint density at radius 2 is 0.912 bits per heavy atom. The molecule has 2 aliphatic carbocycles. The molecule has 0 atom stereocenters. The fourth-order valence-corrected chi connectivity index (χ4v) is 2.69. The second-order valence-electron chi connectivity index (χ2n) is 8.34. The topological polar surface area (TPSA) is 40.5 Å². The minimum absolute atomic E-state index is 0.167. The van der Waals surface area contributed by atoms with Crippen LogP contribution in [-0.2, 0) is 23.9 Å². The molecule has 4 rings (SSSR count). The van der Waals surface area contributed by atoms with Gasteiger partial charge in [-0.15, -0.1) is 24.0 Å². The molecule has 0 bridgehead atoms. The quantitative estimate of drug-likeness (QED) is 0.279. The van der Waals surface area contributed by atoms with E-state index in [1.54, 1.807) is 27.7 Å². The summed E-state index contributed by atoms with van der Waals surface area (Å²) in [5.74, 6) is 0. The van der Waals surface area contributed by atoms with Crippen LogP contribution in [0.1, 0.15) is 62.8 Å². The normalized spacial score (nSPS) is 12.8. The molecular formula is C31H40HfO2. The number of aliphatic hydroxyl groups excluding tert-OH is 2. The summed E-state index contributed by atoms with van der Waals surface area (Å²) in [5, 5.41) is 16.1. The fraction of sp³-hybridized carbons (Fsp3) is 0.323. The first kappa shape index (κ1) is 32.1. The molecule has 2 aromatic rings. The molecule has 0 amide bonds. The zero-order valence-corrected chi connectivity index (χ0v) is 25.2. The molecule has 180 valence electrons. The number of aliphatic hydroxyl groups is 2. The average molecular weight is 623 g/mol. The van der Waals surface area contributed by atoms with Crippen molar-refractivity contribution in [1.29, 1.82) is 0 Å². The number of hydrogen-bond acceptors (Lipinski definition) is 2. The van der Waals surface area contributed by atoms with E-state index in [9.17, 15) is 0 Å². The van der Waals surface area contributed by atoms with Crippen LogP contribution in [0, 0.1) is 26.0 Å². The van der Waals surface area contributed by atoms with Crippen molar-refractivity contribution in [3.63, 3.8) is 0 Å². The van der Waals surface area contributed by atoms with Crippen molar-refractivity contribution in [3.05, 3.63) is 107 Å². The van der Waals surface area contributed by atoms with Gasteiger partial charge in [0.1, 0.15) is 0 Å². The first-order chi connectivity index (χ1) is 16.2. The van der Waals surface area contributed by atoms with Gasteiger partial charge in [-0.1, -0.05) is 59.7 Å². The Kier molecular flexibility index (Phi) is 18.3. The van der Waals surface area contributed by atoms with Gasteiger partial charge >= 0.3 is 28.2 Å². The molecule has 2 aliphatic rings. The third kappa shape index (κ3) is 15.8. The van der Waals surface area contributed by atoms with E-state index in [4.69, 9.17) is 10.2 Å². The Labute approximate surface area is 222 Å². The van der Waals surface area contributed by atoms with E-state index in [0.717, 1.165) is 36.7 Å². The van der Waals surface area contributed by atoms with Crippen molar-refractivity contribution in [2.24, 2.45) is 0 Å². The van der Waals surface area contributed by atoms with Crippen LogP contribution >= 0.6 is 0 Å². The predicted molar refractivity (Wildman–Crippen MR) is 145 cm³/mol. The van der Waals surface area contributed by atoms with E-state index in [1.165, 1.54) is 33.4 Å². The summed E-state index contributed by atoms with van der Waals surface area (Å²) < 4.78 is 3.39. The van der Waals surface area contributed by atoms with E-state index >= 15 is 0 Å². The molecule has 0 fully saturated rings. The summed E-state index contributed by atoms with van der Waals surface area (Å²) in [6, 6.07) is 17.2. The summed E-state index contributed by atoms with van der Waals surface area (Å²) in [5.41, 5.74) is 7.82. The van der Waals surface area contributed by atoms with Gasteiger partial charge in [-0.3, -0.25) is 12.2 Å². The van der Waals surface area contributed by atoms with Gasteiger partial charge in [0.05, 0.1) is 0 Å². The van der Waals surface area contributed by atoms with Crippen molar-refractivity contribution in [3.8, 4) is 0 Å². The van der Waals surface area contributed by atoms with Gasteiger partial charge in [-0.25, -0.2) is 12.2 Å². The van der Waals surface area contributed by atoms with E-state index in [2.05, 4.69) is 103 Å². The van der Waals surface area contributed by atoms with Crippen molar-refractivity contribution in [2.45, 2.75) is 66.6 Å². The molecular weight excluding hydrogens is 583 g/mol. The molecule has 0 aromatic heterocycles. The van der Waals surface area contributed by atoms with Crippen LogP contribution in [0.25, 0.3) is 11.1 Å². The van der Waals surface area contributed by atoms with Crippen molar-refractivity contribution < 1.29 is 34.1 Å². The fourth-order valence-electron chi connectivity index (χ4n) is 2.69. The maximum absolute atomic E-state index is 8.06. The standard InChI is InChI=1S/2C12H11.2C3H8O.CH2.Hf/c2*1-10-6-8-12(9-7-10)11-4-2-3-5-11;2*1-3(2)4;;/h2*4-9H,2H2,1H3;2*3-4H,1-2H3;1H2;/q2*-1;;;;+2. The first-order valence-electron chi connectivity index (χ1n) is 11.6. The molecule has 2 aromatic carbocycles. The van der Waals surface area contributed by atoms with Crippen LogP contribution in [0.5, 0.6) is 0 Å². The summed E-state index contributed by atoms with van der Waals surface area (Å²) in [6.45, 7) is 11.1. The molecule has 0 spiro atoms. The molecule has 0 heterocycles. The molecule has 34 heavy (non-hydrogen) atoms. The Hall–Kier alpha value is -1.94. The van der Waals surface area contributed by atoms with Gasteiger partial charge < -0.3 is 10.2 Å². The first-order valence-corrected chi connectivity index (χ1v) is 14.1. The van der Waals surface area contributed by atoms with Gasteiger partial charge in [0, 0.05) is 12.2 Å². The Morgan fingerprint density at radius 3 is 1.12 bits per heavy atom. The van der Waals surface area contributed by atoms with E-state index in [1.807, 2.05) is 0 Å². The van der Waals surface area contributed by atoms with Crippen molar-refractivity contribution >= 4 is 15.4 Å². The Morgan fingerprint density at radius 1 is 0.647 bits per heavy atom. The molecule has 0 saturated heterocycles. The second-order valence-corrected chi connectivity index (χ2v) is 8.34. The molecule has 2 N–H and O–H groups in total. The Balaban J connectivity index is 0.000000466. The number of allylic oxidation sites excluding steroid dienone is 8. The van der Waals surface area contributed by atoms with Gasteiger partial charge in [0.15, 0.2) is 0 Å². The molecule has 0 saturated carbocycles. The van der Waals surface area contributed by atoms with Gasteiger partial charge in [-0.2, -0.15) is 23.3 Å². The second kappa shape index (κ2) is 19.4. The summed E-state index contributed by atoms with van der Waals surface area (Å²) >= 11 is 1.06. The Bertz CT molecular complexity index is 832. The van der Waals surface area contributed by atoms with E-state index in [0.29, 0.717) is 0 Å². The number of aryl methyl sites for hydroxylation is 2.